The summed E-state index contributed by atoms with van der Waals surface area (Å²) in [6.45, 7) is 8.00. The lowest BCUT2D eigenvalue weighted by Crippen LogP contribution is -2.48. The molecule has 0 spiro atoms. The first kappa shape index (κ1) is 19.5. The van der Waals surface area contributed by atoms with Crippen LogP contribution in [0.15, 0.2) is 48.5 Å². The third kappa shape index (κ3) is 5.62. The summed E-state index contributed by atoms with van der Waals surface area (Å²) in [6, 6.07) is 15.2. The largest absolute Gasteiger partial charge is 0.494 e. The number of anilines is 1. The second-order valence-corrected chi connectivity index (χ2v) is 6.95. The number of halogens is 1. The Balaban J connectivity index is 1.38. The lowest BCUT2D eigenvalue weighted by atomic mass is 10.2. The van der Waals surface area contributed by atoms with E-state index in [4.69, 9.17) is 16.3 Å². The van der Waals surface area contributed by atoms with Gasteiger partial charge in [-0.3, -0.25) is 9.69 Å². The summed E-state index contributed by atoms with van der Waals surface area (Å²) in [5, 5.41) is 3.76. The van der Waals surface area contributed by atoms with Gasteiger partial charge in [0, 0.05) is 55.5 Å². The highest BCUT2D eigenvalue weighted by Gasteiger charge is 2.17. The minimum Gasteiger partial charge on any atom is -0.494 e. The number of nitrogens with zero attached hydrogens (tertiary/aromatic N) is 2. The maximum Gasteiger partial charge on any atom is 0.251 e. The van der Waals surface area contributed by atoms with Crippen LogP contribution < -0.4 is 15.0 Å². The highest BCUT2D eigenvalue weighted by Crippen LogP contribution is 2.19. The number of hydrogen-bond donors (Lipinski definition) is 1. The van der Waals surface area contributed by atoms with Crippen LogP contribution in [0.1, 0.15) is 17.3 Å². The quantitative estimate of drug-likeness (QED) is 0.791. The number of benzene rings is 2. The fourth-order valence-electron chi connectivity index (χ4n) is 3.18. The average Bonchev–Trinajstić information content (AvgIpc) is 2.70. The molecule has 6 heteroatoms. The molecule has 0 aliphatic carbocycles. The van der Waals surface area contributed by atoms with Crippen molar-refractivity contribution in [3.05, 3.63) is 59.1 Å². The third-order valence-corrected chi connectivity index (χ3v) is 4.96. The molecule has 1 aliphatic heterocycles. The molecule has 0 atom stereocenters. The van der Waals surface area contributed by atoms with Gasteiger partial charge >= 0.3 is 0 Å². The van der Waals surface area contributed by atoms with Gasteiger partial charge in [-0.1, -0.05) is 11.6 Å². The predicted octanol–water partition coefficient (Wildman–Crippen LogP) is 3.29. The molecule has 0 radical (unpaired) electrons. The van der Waals surface area contributed by atoms with Crippen molar-refractivity contribution in [1.82, 2.24) is 10.2 Å². The summed E-state index contributed by atoms with van der Waals surface area (Å²) in [5.41, 5.74) is 1.87. The fraction of sp³-hybridized carbons (Fsp3) is 0.381. The van der Waals surface area contributed by atoms with E-state index in [1.54, 1.807) is 12.1 Å². The Morgan fingerprint density at radius 3 is 2.33 bits per heavy atom. The number of nitrogens with one attached hydrogen (secondary N) is 1. The maximum atomic E-state index is 12.2. The van der Waals surface area contributed by atoms with Crippen LogP contribution in [-0.4, -0.2) is 56.7 Å². The first-order valence-corrected chi connectivity index (χ1v) is 9.77. The average molecular weight is 388 g/mol. The highest BCUT2D eigenvalue weighted by atomic mass is 35.5. The van der Waals surface area contributed by atoms with Crippen LogP contribution in [0.25, 0.3) is 0 Å². The van der Waals surface area contributed by atoms with Crippen molar-refractivity contribution in [2.75, 3.05) is 50.8 Å². The molecule has 0 saturated carbocycles. The number of piperazine rings is 1. The van der Waals surface area contributed by atoms with E-state index in [-0.39, 0.29) is 5.91 Å². The molecular weight excluding hydrogens is 362 g/mol. The fourth-order valence-corrected chi connectivity index (χ4v) is 3.31. The van der Waals surface area contributed by atoms with Crippen LogP contribution in [0.5, 0.6) is 5.75 Å². The molecule has 3 rings (SSSR count). The number of hydrogen-bond acceptors (Lipinski definition) is 4. The van der Waals surface area contributed by atoms with Crippen LogP contribution in [0, 0.1) is 0 Å². The van der Waals surface area contributed by atoms with Crippen molar-refractivity contribution in [3.8, 4) is 5.75 Å². The molecule has 144 valence electrons. The molecule has 1 amide bonds. The first-order valence-electron chi connectivity index (χ1n) is 9.39. The second-order valence-electron chi connectivity index (χ2n) is 6.52. The molecule has 2 aromatic carbocycles. The molecule has 27 heavy (non-hydrogen) atoms. The Morgan fingerprint density at radius 1 is 1.04 bits per heavy atom. The van der Waals surface area contributed by atoms with Crippen LogP contribution in [0.2, 0.25) is 5.02 Å². The summed E-state index contributed by atoms with van der Waals surface area (Å²) in [7, 11) is 0. The van der Waals surface area contributed by atoms with Crippen molar-refractivity contribution >= 4 is 23.2 Å². The molecule has 1 heterocycles. The van der Waals surface area contributed by atoms with E-state index in [1.807, 2.05) is 31.2 Å². The van der Waals surface area contributed by atoms with E-state index in [0.717, 1.165) is 43.5 Å². The molecule has 2 aromatic rings. The number of carbonyl (C=O) groups is 1. The zero-order valence-corrected chi connectivity index (χ0v) is 16.4. The Morgan fingerprint density at radius 2 is 1.70 bits per heavy atom. The first-order chi connectivity index (χ1) is 13.2. The summed E-state index contributed by atoms with van der Waals surface area (Å²) >= 11 is 5.96. The van der Waals surface area contributed by atoms with Gasteiger partial charge in [0.15, 0.2) is 0 Å². The van der Waals surface area contributed by atoms with Gasteiger partial charge in [0.05, 0.1) is 6.61 Å². The van der Waals surface area contributed by atoms with Gasteiger partial charge in [-0.25, -0.2) is 0 Å². The standard InChI is InChI=1S/C21H26ClN3O2/c1-2-27-20-9-3-17(4-10-20)21(26)23-11-12-24-13-15-25(16-14-24)19-7-5-18(22)6-8-19/h3-10H,2,11-16H2,1H3,(H,23,26). The van der Waals surface area contributed by atoms with Crippen molar-refractivity contribution < 1.29 is 9.53 Å². The molecule has 5 nitrogen and oxygen atoms in total. The van der Waals surface area contributed by atoms with Crippen LogP contribution in [0.4, 0.5) is 5.69 Å². The Kier molecular flexibility index (Phi) is 6.96. The molecule has 0 unspecified atom stereocenters. The Bertz CT molecular complexity index is 726. The van der Waals surface area contributed by atoms with E-state index >= 15 is 0 Å². The van der Waals surface area contributed by atoms with E-state index < -0.39 is 0 Å². The van der Waals surface area contributed by atoms with Gasteiger partial charge < -0.3 is 15.0 Å². The number of amides is 1. The lowest BCUT2D eigenvalue weighted by molar-refractivity contribution is 0.0947. The monoisotopic (exact) mass is 387 g/mol. The molecule has 0 aromatic heterocycles. The number of carbonyl (C=O) groups excluding carboxylic acids is 1. The maximum absolute atomic E-state index is 12.2. The summed E-state index contributed by atoms with van der Waals surface area (Å²) in [6.07, 6.45) is 0. The molecule has 1 N–H and O–H groups in total. The zero-order valence-electron chi connectivity index (χ0n) is 15.7. The summed E-state index contributed by atoms with van der Waals surface area (Å²) < 4.78 is 5.40. The van der Waals surface area contributed by atoms with Crippen LogP contribution in [0.3, 0.4) is 0 Å². The van der Waals surface area contributed by atoms with Crippen LogP contribution in [-0.2, 0) is 0 Å². The van der Waals surface area contributed by atoms with Gasteiger partial charge in [-0.05, 0) is 55.5 Å². The van der Waals surface area contributed by atoms with Crippen molar-refractivity contribution in [2.24, 2.45) is 0 Å². The Hall–Kier alpha value is -2.24. The van der Waals surface area contributed by atoms with E-state index in [0.29, 0.717) is 18.7 Å². The minimum absolute atomic E-state index is 0.0437. The lowest BCUT2D eigenvalue weighted by Gasteiger charge is -2.36. The van der Waals surface area contributed by atoms with Gasteiger partial charge in [0.25, 0.3) is 5.91 Å². The molecular formula is C21H26ClN3O2. The van der Waals surface area contributed by atoms with Crippen molar-refractivity contribution in [2.45, 2.75) is 6.92 Å². The summed E-state index contributed by atoms with van der Waals surface area (Å²) in [4.78, 5) is 17.0. The zero-order chi connectivity index (χ0) is 19.1. The van der Waals surface area contributed by atoms with Gasteiger partial charge in [-0.2, -0.15) is 0 Å². The van der Waals surface area contributed by atoms with E-state index in [9.17, 15) is 4.79 Å². The second kappa shape index (κ2) is 9.62. The SMILES string of the molecule is CCOc1ccc(C(=O)NCCN2CCN(c3ccc(Cl)cc3)CC2)cc1. The molecule has 1 fully saturated rings. The highest BCUT2D eigenvalue weighted by molar-refractivity contribution is 6.30. The van der Waals surface area contributed by atoms with Gasteiger partial charge in [-0.15, -0.1) is 0 Å². The topological polar surface area (TPSA) is 44.8 Å². The van der Waals surface area contributed by atoms with Gasteiger partial charge in [0.1, 0.15) is 5.75 Å². The normalized spacial score (nSPS) is 14.8. The number of ether oxygens (including phenoxy) is 1. The number of rotatable bonds is 7. The Labute approximate surface area is 165 Å². The third-order valence-electron chi connectivity index (χ3n) is 4.71. The van der Waals surface area contributed by atoms with E-state index in [1.165, 1.54) is 5.69 Å². The van der Waals surface area contributed by atoms with Crippen LogP contribution >= 0.6 is 11.6 Å². The van der Waals surface area contributed by atoms with Crippen molar-refractivity contribution in [1.29, 1.82) is 0 Å². The molecule has 1 saturated heterocycles. The smallest absolute Gasteiger partial charge is 0.251 e. The molecule has 1 aliphatic rings. The van der Waals surface area contributed by atoms with Crippen molar-refractivity contribution in [3.63, 3.8) is 0 Å². The minimum atomic E-state index is -0.0437. The van der Waals surface area contributed by atoms with E-state index in [2.05, 4.69) is 27.2 Å². The summed E-state index contributed by atoms with van der Waals surface area (Å²) in [5.74, 6) is 0.741. The molecule has 0 bridgehead atoms. The predicted molar refractivity (Wildman–Crippen MR) is 110 cm³/mol. The van der Waals surface area contributed by atoms with Gasteiger partial charge in [0.2, 0.25) is 0 Å².